The van der Waals surface area contributed by atoms with Crippen LogP contribution in [0.5, 0.6) is 5.75 Å². The highest BCUT2D eigenvalue weighted by Crippen LogP contribution is 2.27. The molecule has 0 radical (unpaired) electrons. The van der Waals surface area contributed by atoms with Gasteiger partial charge in [-0.3, -0.25) is 9.78 Å². The largest absolute Gasteiger partial charge is 0.494 e. The van der Waals surface area contributed by atoms with Gasteiger partial charge in [0.1, 0.15) is 5.75 Å². The summed E-state index contributed by atoms with van der Waals surface area (Å²) < 4.78 is 5.19. The average molecular weight is 269 g/mol. The number of hydrogen-bond acceptors (Lipinski definition) is 4. The van der Waals surface area contributed by atoms with E-state index in [-0.39, 0.29) is 5.91 Å². The topological polar surface area (TPSA) is 68.5 Å². The lowest BCUT2D eigenvalue weighted by Crippen LogP contribution is -2.25. The minimum atomic E-state index is -0.0565. The van der Waals surface area contributed by atoms with E-state index in [4.69, 9.17) is 10.5 Å². The monoisotopic (exact) mass is 269 g/mol. The first-order chi connectivity index (χ1) is 9.69. The molecule has 2 aromatic rings. The Hall–Kier alpha value is -2.56. The van der Waals surface area contributed by atoms with Crippen molar-refractivity contribution in [3.8, 4) is 5.75 Å². The molecule has 1 aliphatic heterocycles. The molecule has 1 amide bonds. The van der Waals surface area contributed by atoms with Crippen LogP contribution >= 0.6 is 0 Å². The van der Waals surface area contributed by atoms with Crippen molar-refractivity contribution in [3.05, 3.63) is 53.3 Å². The minimum absolute atomic E-state index is 0.0565. The van der Waals surface area contributed by atoms with Crippen molar-refractivity contribution in [2.75, 3.05) is 12.8 Å². The van der Waals surface area contributed by atoms with Crippen LogP contribution in [-0.2, 0) is 13.1 Å². The number of fused-ring (bicyclic) bond motifs is 1. The molecule has 0 atom stereocenters. The molecule has 0 saturated carbocycles. The van der Waals surface area contributed by atoms with Gasteiger partial charge in [0.15, 0.2) is 0 Å². The zero-order valence-corrected chi connectivity index (χ0v) is 11.2. The van der Waals surface area contributed by atoms with Gasteiger partial charge in [0.25, 0.3) is 5.91 Å². The van der Waals surface area contributed by atoms with Crippen LogP contribution in [-0.4, -0.2) is 22.9 Å². The molecule has 0 unspecified atom stereocenters. The Bertz CT molecular complexity index is 670. The maximum atomic E-state index is 12.6. The van der Waals surface area contributed by atoms with Gasteiger partial charge in [0.05, 0.1) is 18.9 Å². The fraction of sp³-hybridized carbons (Fsp3) is 0.200. The van der Waals surface area contributed by atoms with Gasteiger partial charge in [-0.05, 0) is 29.3 Å². The van der Waals surface area contributed by atoms with Crippen molar-refractivity contribution < 1.29 is 9.53 Å². The van der Waals surface area contributed by atoms with Crippen LogP contribution in [0.15, 0.2) is 36.7 Å². The number of carbonyl (C=O) groups excluding carboxylic acids is 1. The number of aromatic nitrogens is 1. The van der Waals surface area contributed by atoms with Gasteiger partial charge in [-0.25, -0.2) is 0 Å². The second kappa shape index (κ2) is 4.85. The molecule has 102 valence electrons. The van der Waals surface area contributed by atoms with Crippen LogP contribution in [0.4, 0.5) is 5.69 Å². The number of nitrogen functional groups attached to an aromatic ring is 1. The van der Waals surface area contributed by atoms with Gasteiger partial charge < -0.3 is 15.4 Å². The van der Waals surface area contributed by atoms with Crippen molar-refractivity contribution in [3.63, 3.8) is 0 Å². The number of rotatable bonds is 2. The maximum absolute atomic E-state index is 12.6. The molecule has 0 bridgehead atoms. The smallest absolute Gasteiger partial charge is 0.258 e. The molecule has 0 fully saturated rings. The molecule has 5 nitrogen and oxygen atoms in total. The third kappa shape index (κ3) is 2.07. The van der Waals surface area contributed by atoms with Crippen LogP contribution in [0.2, 0.25) is 0 Å². The first-order valence-electron chi connectivity index (χ1n) is 6.33. The summed E-state index contributed by atoms with van der Waals surface area (Å²) in [4.78, 5) is 18.3. The first kappa shape index (κ1) is 12.5. The summed E-state index contributed by atoms with van der Waals surface area (Å²) >= 11 is 0. The molecule has 5 heteroatoms. The molecule has 0 spiro atoms. The maximum Gasteiger partial charge on any atom is 0.258 e. The highest BCUT2D eigenvalue weighted by molar-refractivity contribution is 5.97. The zero-order chi connectivity index (χ0) is 14.1. The molecule has 20 heavy (non-hydrogen) atoms. The number of ether oxygens (including phenoxy) is 1. The van der Waals surface area contributed by atoms with E-state index in [1.807, 2.05) is 18.2 Å². The second-order valence-corrected chi connectivity index (χ2v) is 4.77. The van der Waals surface area contributed by atoms with Crippen LogP contribution in [0.3, 0.4) is 0 Å². The van der Waals surface area contributed by atoms with Crippen molar-refractivity contribution in [1.82, 2.24) is 9.88 Å². The highest BCUT2D eigenvalue weighted by atomic mass is 16.5. The lowest BCUT2D eigenvalue weighted by atomic mass is 10.1. The number of hydrogen-bond donors (Lipinski definition) is 1. The van der Waals surface area contributed by atoms with E-state index in [1.54, 1.807) is 23.4 Å². The lowest BCUT2D eigenvalue weighted by molar-refractivity contribution is 0.0748. The number of nitrogens with zero attached hydrogens (tertiary/aromatic N) is 2. The van der Waals surface area contributed by atoms with Crippen molar-refractivity contribution in [2.24, 2.45) is 0 Å². The number of nitrogens with two attached hydrogens (primary N) is 1. The molecule has 1 aromatic carbocycles. The number of amides is 1. The molecule has 1 aromatic heterocycles. The minimum Gasteiger partial charge on any atom is -0.494 e. The molecular weight excluding hydrogens is 254 g/mol. The van der Waals surface area contributed by atoms with E-state index in [9.17, 15) is 4.79 Å². The molecule has 3 rings (SSSR count). The Morgan fingerprint density at radius 2 is 2.10 bits per heavy atom. The molecule has 0 saturated heterocycles. The predicted molar refractivity (Wildman–Crippen MR) is 75.2 cm³/mol. The summed E-state index contributed by atoms with van der Waals surface area (Å²) in [6, 6.07) is 7.44. The Kier molecular flexibility index (Phi) is 3.02. The zero-order valence-electron chi connectivity index (χ0n) is 11.2. The molecule has 0 aliphatic carbocycles. The third-order valence-corrected chi connectivity index (χ3v) is 3.47. The standard InChI is InChI=1S/C15H15N3O2/c1-20-14-7-17-5-4-13(14)15(19)18-8-10-2-3-12(16)6-11(10)9-18/h2-7H,8-9,16H2,1H3. The van der Waals surface area contributed by atoms with E-state index >= 15 is 0 Å². The molecule has 2 N–H and O–H groups in total. The Labute approximate surface area is 117 Å². The lowest BCUT2D eigenvalue weighted by Gasteiger charge is -2.16. The molecule has 1 aliphatic rings. The number of pyridine rings is 1. The van der Waals surface area contributed by atoms with Gasteiger partial charge in [-0.1, -0.05) is 6.07 Å². The fourth-order valence-corrected chi connectivity index (χ4v) is 2.45. The van der Waals surface area contributed by atoms with Gasteiger partial charge >= 0.3 is 0 Å². The van der Waals surface area contributed by atoms with Gasteiger partial charge in [-0.2, -0.15) is 0 Å². The number of methoxy groups -OCH3 is 1. The average Bonchev–Trinajstić information content (AvgIpc) is 2.89. The van der Waals surface area contributed by atoms with E-state index in [0.717, 1.165) is 16.8 Å². The summed E-state index contributed by atoms with van der Waals surface area (Å²) in [5, 5.41) is 0. The summed E-state index contributed by atoms with van der Waals surface area (Å²) in [5.74, 6) is 0.437. The number of carbonyl (C=O) groups is 1. The summed E-state index contributed by atoms with van der Waals surface area (Å²) in [6.45, 7) is 1.17. The van der Waals surface area contributed by atoms with Crippen LogP contribution in [0.25, 0.3) is 0 Å². The fourth-order valence-electron chi connectivity index (χ4n) is 2.45. The Balaban J connectivity index is 1.87. The molecular formula is C15H15N3O2. The van der Waals surface area contributed by atoms with Gasteiger partial charge in [0, 0.05) is 25.0 Å². The normalized spacial score (nSPS) is 13.2. The third-order valence-electron chi connectivity index (χ3n) is 3.47. The van der Waals surface area contributed by atoms with Crippen molar-refractivity contribution in [2.45, 2.75) is 13.1 Å². The first-order valence-corrected chi connectivity index (χ1v) is 6.33. The summed E-state index contributed by atoms with van der Waals surface area (Å²) in [7, 11) is 1.53. The SMILES string of the molecule is COc1cnccc1C(=O)N1Cc2ccc(N)cc2C1. The van der Waals surface area contributed by atoms with Crippen molar-refractivity contribution in [1.29, 1.82) is 0 Å². The van der Waals surface area contributed by atoms with E-state index in [2.05, 4.69) is 4.98 Å². The molecule has 2 heterocycles. The van der Waals surface area contributed by atoms with Gasteiger partial charge in [-0.15, -0.1) is 0 Å². The number of benzene rings is 1. The van der Waals surface area contributed by atoms with E-state index in [1.165, 1.54) is 7.11 Å². The second-order valence-electron chi connectivity index (χ2n) is 4.77. The number of anilines is 1. The Morgan fingerprint density at radius 1 is 1.30 bits per heavy atom. The summed E-state index contributed by atoms with van der Waals surface area (Å²) in [5.41, 5.74) is 9.27. The van der Waals surface area contributed by atoms with Crippen LogP contribution in [0.1, 0.15) is 21.5 Å². The predicted octanol–water partition coefficient (Wildman–Crippen LogP) is 1.83. The van der Waals surface area contributed by atoms with Crippen LogP contribution < -0.4 is 10.5 Å². The quantitative estimate of drug-likeness (QED) is 0.844. The van der Waals surface area contributed by atoms with E-state index < -0.39 is 0 Å². The van der Waals surface area contributed by atoms with Gasteiger partial charge in [0.2, 0.25) is 0 Å². The van der Waals surface area contributed by atoms with Crippen LogP contribution in [0, 0.1) is 0 Å². The summed E-state index contributed by atoms with van der Waals surface area (Å²) in [6.07, 6.45) is 3.14. The highest BCUT2D eigenvalue weighted by Gasteiger charge is 2.26. The van der Waals surface area contributed by atoms with Crippen molar-refractivity contribution >= 4 is 11.6 Å². The Morgan fingerprint density at radius 3 is 2.90 bits per heavy atom. The van der Waals surface area contributed by atoms with E-state index in [0.29, 0.717) is 24.4 Å².